The molecule has 0 aromatic heterocycles. The van der Waals surface area contributed by atoms with E-state index in [1.165, 1.54) is 4.90 Å². The molecule has 0 saturated heterocycles. The number of esters is 1. The number of para-hydroxylation sites is 1. The van der Waals surface area contributed by atoms with Crippen molar-refractivity contribution in [3.8, 4) is 0 Å². The van der Waals surface area contributed by atoms with Gasteiger partial charge in [0.15, 0.2) is 0 Å². The number of carbonyl (C=O) groups excluding carboxylic acids is 1. The van der Waals surface area contributed by atoms with E-state index in [0.29, 0.717) is 13.0 Å². The molecule has 0 amide bonds. The van der Waals surface area contributed by atoms with E-state index >= 15 is 0 Å². The third kappa shape index (κ3) is 2.70. The van der Waals surface area contributed by atoms with Crippen molar-refractivity contribution in [3.63, 3.8) is 0 Å². The van der Waals surface area contributed by atoms with E-state index in [1.54, 1.807) is 11.8 Å². The second-order valence-corrected chi connectivity index (χ2v) is 4.72. The number of hydrogen-bond donors (Lipinski definition) is 1. The summed E-state index contributed by atoms with van der Waals surface area (Å²) in [7, 11) is 0. The Labute approximate surface area is 99.6 Å². The van der Waals surface area contributed by atoms with Crippen LogP contribution in [-0.4, -0.2) is 24.4 Å². The molecule has 0 spiro atoms. The van der Waals surface area contributed by atoms with Gasteiger partial charge in [0.25, 0.3) is 0 Å². The average Bonchev–Trinajstić information content (AvgIpc) is 2.29. The maximum absolute atomic E-state index is 11.4. The van der Waals surface area contributed by atoms with Gasteiger partial charge in [-0.3, -0.25) is 4.79 Å². The molecule has 2 rings (SSSR count). The van der Waals surface area contributed by atoms with Crippen molar-refractivity contribution in [2.75, 3.05) is 17.7 Å². The van der Waals surface area contributed by atoms with Crippen molar-refractivity contribution in [3.05, 3.63) is 24.3 Å². The Morgan fingerprint density at radius 1 is 1.56 bits per heavy atom. The Morgan fingerprint density at radius 3 is 3.19 bits per heavy atom. The lowest BCUT2D eigenvalue weighted by Crippen LogP contribution is -2.29. The van der Waals surface area contributed by atoms with Crippen LogP contribution >= 0.6 is 11.8 Å². The predicted octanol–water partition coefficient (Wildman–Crippen LogP) is 2.53. The molecule has 1 heterocycles. The molecule has 16 heavy (non-hydrogen) atoms. The van der Waals surface area contributed by atoms with Crippen LogP contribution in [0.1, 0.15) is 13.3 Å². The number of anilines is 1. The van der Waals surface area contributed by atoms with Gasteiger partial charge < -0.3 is 10.1 Å². The largest absolute Gasteiger partial charge is 0.466 e. The summed E-state index contributed by atoms with van der Waals surface area (Å²) < 4.78 is 4.94. The third-order valence-electron chi connectivity index (χ3n) is 2.41. The fourth-order valence-corrected chi connectivity index (χ4v) is 2.73. The number of nitrogens with one attached hydrogen (secondary N) is 1. The highest BCUT2D eigenvalue weighted by atomic mass is 32.2. The minimum Gasteiger partial charge on any atom is -0.466 e. The molecule has 1 aromatic rings. The standard InChI is InChI=1S/C12H15NO2S/c1-2-15-12(14)7-9-8-16-11-6-4-3-5-10(11)13-9/h3-6,9,13H,2,7-8H2,1H3. The number of thioether (sulfide) groups is 1. The monoisotopic (exact) mass is 237 g/mol. The summed E-state index contributed by atoms with van der Waals surface area (Å²) >= 11 is 1.79. The first-order chi connectivity index (χ1) is 7.79. The number of fused-ring (bicyclic) bond motifs is 1. The molecule has 0 aliphatic carbocycles. The number of benzene rings is 1. The summed E-state index contributed by atoms with van der Waals surface area (Å²) in [4.78, 5) is 12.6. The molecule has 1 aliphatic heterocycles. The summed E-state index contributed by atoms with van der Waals surface area (Å²) in [6, 6.07) is 8.34. The number of rotatable bonds is 3. The van der Waals surface area contributed by atoms with E-state index in [-0.39, 0.29) is 12.0 Å². The Balaban J connectivity index is 1.95. The summed E-state index contributed by atoms with van der Waals surface area (Å²) in [5.74, 6) is 0.788. The van der Waals surface area contributed by atoms with Gasteiger partial charge >= 0.3 is 5.97 Å². The Hall–Kier alpha value is -1.16. The zero-order valence-electron chi connectivity index (χ0n) is 9.23. The number of ether oxygens (including phenoxy) is 1. The average molecular weight is 237 g/mol. The highest BCUT2D eigenvalue weighted by Crippen LogP contribution is 2.33. The van der Waals surface area contributed by atoms with E-state index in [1.807, 2.05) is 25.1 Å². The molecule has 4 heteroatoms. The van der Waals surface area contributed by atoms with Crippen LogP contribution in [0, 0.1) is 0 Å². The van der Waals surface area contributed by atoms with Gasteiger partial charge in [0, 0.05) is 22.4 Å². The van der Waals surface area contributed by atoms with Crippen LogP contribution in [0.4, 0.5) is 5.69 Å². The molecule has 1 atom stereocenters. The second-order valence-electron chi connectivity index (χ2n) is 3.66. The molecule has 0 saturated carbocycles. The topological polar surface area (TPSA) is 38.3 Å². The molecule has 1 aromatic carbocycles. The molecule has 3 nitrogen and oxygen atoms in total. The maximum Gasteiger partial charge on any atom is 0.307 e. The molecule has 0 fully saturated rings. The molecule has 86 valence electrons. The van der Waals surface area contributed by atoms with E-state index in [9.17, 15) is 4.79 Å². The zero-order chi connectivity index (χ0) is 11.4. The van der Waals surface area contributed by atoms with Crippen molar-refractivity contribution >= 4 is 23.4 Å². The van der Waals surface area contributed by atoms with Gasteiger partial charge in [-0.2, -0.15) is 0 Å². The maximum atomic E-state index is 11.4. The smallest absolute Gasteiger partial charge is 0.307 e. The van der Waals surface area contributed by atoms with Crippen molar-refractivity contribution < 1.29 is 9.53 Å². The number of carbonyl (C=O) groups is 1. The third-order valence-corrected chi connectivity index (χ3v) is 3.64. The van der Waals surface area contributed by atoms with E-state index < -0.39 is 0 Å². The Bertz CT molecular complexity index is 381. The van der Waals surface area contributed by atoms with Crippen LogP contribution < -0.4 is 5.32 Å². The van der Waals surface area contributed by atoms with Crippen LogP contribution in [0.2, 0.25) is 0 Å². The first kappa shape index (κ1) is 11.3. The van der Waals surface area contributed by atoms with Gasteiger partial charge in [-0.1, -0.05) is 12.1 Å². The predicted molar refractivity (Wildman–Crippen MR) is 65.8 cm³/mol. The summed E-state index contributed by atoms with van der Waals surface area (Å²) in [6.45, 7) is 2.28. The first-order valence-corrected chi connectivity index (χ1v) is 6.42. The van der Waals surface area contributed by atoms with Gasteiger partial charge in [-0.15, -0.1) is 11.8 Å². The van der Waals surface area contributed by atoms with Gasteiger partial charge in [0.1, 0.15) is 0 Å². The number of hydrogen-bond acceptors (Lipinski definition) is 4. The molecule has 1 N–H and O–H groups in total. The van der Waals surface area contributed by atoms with Crippen LogP contribution in [0.3, 0.4) is 0 Å². The Kier molecular flexibility index (Phi) is 3.72. The summed E-state index contributed by atoms with van der Waals surface area (Å²) in [5, 5.41) is 3.36. The highest BCUT2D eigenvalue weighted by molar-refractivity contribution is 7.99. The van der Waals surface area contributed by atoms with E-state index in [2.05, 4.69) is 11.4 Å². The molecular formula is C12H15NO2S. The fraction of sp³-hybridized carbons (Fsp3) is 0.417. The minimum absolute atomic E-state index is 0.125. The molecule has 1 unspecified atom stereocenters. The van der Waals surface area contributed by atoms with Crippen molar-refractivity contribution in [1.29, 1.82) is 0 Å². The normalized spacial score (nSPS) is 18.4. The molecule has 0 radical (unpaired) electrons. The minimum atomic E-state index is -0.125. The van der Waals surface area contributed by atoms with E-state index in [4.69, 9.17) is 4.74 Å². The lowest BCUT2D eigenvalue weighted by atomic mass is 10.2. The van der Waals surface area contributed by atoms with Crippen LogP contribution in [0.15, 0.2) is 29.2 Å². The molecule has 1 aliphatic rings. The lowest BCUT2D eigenvalue weighted by Gasteiger charge is -2.25. The quantitative estimate of drug-likeness (QED) is 0.820. The lowest BCUT2D eigenvalue weighted by molar-refractivity contribution is -0.143. The van der Waals surface area contributed by atoms with Gasteiger partial charge in [0.05, 0.1) is 13.0 Å². The Morgan fingerprint density at radius 2 is 2.38 bits per heavy atom. The summed E-state index contributed by atoms with van der Waals surface area (Å²) in [5.41, 5.74) is 1.12. The van der Waals surface area contributed by atoms with E-state index in [0.717, 1.165) is 11.4 Å². The van der Waals surface area contributed by atoms with Gasteiger partial charge in [0.2, 0.25) is 0 Å². The highest BCUT2D eigenvalue weighted by Gasteiger charge is 2.20. The second kappa shape index (κ2) is 5.25. The van der Waals surface area contributed by atoms with Gasteiger partial charge in [-0.05, 0) is 19.1 Å². The van der Waals surface area contributed by atoms with Crippen LogP contribution in [-0.2, 0) is 9.53 Å². The van der Waals surface area contributed by atoms with Crippen molar-refractivity contribution in [2.24, 2.45) is 0 Å². The molecule has 0 bridgehead atoms. The summed E-state index contributed by atoms with van der Waals surface area (Å²) in [6.07, 6.45) is 0.440. The van der Waals surface area contributed by atoms with Crippen LogP contribution in [0.5, 0.6) is 0 Å². The van der Waals surface area contributed by atoms with Crippen LogP contribution in [0.25, 0.3) is 0 Å². The van der Waals surface area contributed by atoms with Gasteiger partial charge in [-0.25, -0.2) is 0 Å². The van der Waals surface area contributed by atoms with Crippen molar-refractivity contribution in [1.82, 2.24) is 0 Å². The SMILES string of the molecule is CCOC(=O)CC1CSc2ccccc2N1. The first-order valence-electron chi connectivity index (χ1n) is 5.43. The van der Waals surface area contributed by atoms with Crippen molar-refractivity contribution in [2.45, 2.75) is 24.3 Å². The molecular weight excluding hydrogens is 222 g/mol. The fourth-order valence-electron chi connectivity index (χ4n) is 1.69. The zero-order valence-corrected chi connectivity index (χ0v) is 10.0.